The molecule has 1 fully saturated rings. The molecule has 0 radical (unpaired) electrons. The van der Waals surface area contributed by atoms with Crippen molar-refractivity contribution in [2.75, 3.05) is 20.2 Å². The molecule has 0 N–H and O–H groups in total. The van der Waals surface area contributed by atoms with Gasteiger partial charge in [-0.3, -0.25) is 4.79 Å². The Bertz CT molecular complexity index is 367. The molecule has 0 aromatic heterocycles. The lowest BCUT2D eigenvalue weighted by molar-refractivity contribution is -0.142. The number of amides is 1. The Morgan fingerprint density at radius 1 is 1.09 bits per heavy atom. The van der Waals surface area contributed by atoms with E-state index in [2.05, 4.69) is 0 Å². The molecule has 1 amide bonds. The fraction of sp³-hybridized carbons (Fsp3) is 0.882. The van der Waals surface area contributed by atoms with E-state index in [0.717, 1.165) is 38.6 Å². The molecule has 0 unspecified atom stereocenters. The molecular formula is C17H31NO4. The van der Waals surface area contributed by atoms with E-state index >= 15 is 0 Å². The standard InChI is InChI=1S/C17H31NO4/c1-13(19)21-12-15-8-6-14(7-9-15)10-11-18(5)16(20)22-17(2,3)4/h14-15H,6-12H2,1-5H3. The predicted octanol–water partition coefficient (Wildman–Crippen LogP) is 3.61. The van der Waals surface area contributed by atoms with E-state index in [1.165, 1.54) is 6.92 Å². The number of carbonyl (C=O) groups is 2. The van der Waals surface area contributed by atoms with Crippen molar-refractivity contribution in [3.63, 3.8) is 0 Å². The Morgan fingerprint density at radius 2 is 1.64 bits per heavy atom. The molecule has 0 aliphatic heterocycles. The van der Waals surface area contributed by atoms with Gasteiger partial charge < -0.3 is 14.4 Å². The zero-order valence-electron chi connectivity index (χ0n) is 14.7. The average molecular weight is 313 g/mol. The molecule has 0 aromatic carbocycles. The van der Waals surface area contributed by atoms with Crippen molar-refractivity contribution in [2.24, 2.45) is 11.8 Å². The Morgan fingerprint density at radius 3 is 2.14 bits per heavy atom. The quantitative estimate of drug-likeness (QED) is 0.728. The Hall–Kier alpha value is -1.26. The monoisotopic (exact) mass is 313 g/mol. The molecule has 1 rings (SSSR count). The van der Waals surface area contributed by atoms with Crippen LogP contribution in [0.5, 0.6) is 0 Å². The molecule has 0 heterocycles. The van der Waals surface area contributed by atoms with Crippen LogP contribution in [-0.4, -0.2) is 42.8 Å². The molecule has 0 atom stereocenters. The summed E-state index contributed by atoms with van der Waals surface area (Å²) in [5.41, 5.74) is -0.444. The number of nitrogens with zero attached hydrogens (tertiary/aromatic N) is 1. The number of rotatable bonds is 5. The minimum atomic E-state index is -0.444. The highest BCUT2D eigenvalue weighted by Gasteiger charge is 2.24. The summed E-state index contributed by atoms with van der Waals surface area (Å²) < 4.78 is 10.4. The molecule has 0 spiro atoms. The number of ether oxygens (including phenoxy) is 2. The maximum absolute atomic E-state index is 11.9. The van der Waals surface area contributed by atoms with Crippen LogP contribution in [0, 0.1) is 11.8 Å². The third-order valence-corrected chi connectivity index (χ3v) is 4.07. The molecule has 1 aliphatic carbocycles. The predicted molar refractivity (Wildman–Crippen MR) is 85.6 cm³/mol. The van der Waals surface area contributed by atoms with Gasteiger partial charge in [-0.05, 0) is 64.7 Å². The zero-order chi connectivity index (χ0) is 16.8. The number of carbonyl (C=O) groups excluding carboxylic acids is 2. The zero-order valence-corrected chi connectivity index (χ0v) is 14.7. The van der Waals surface area contributed by atoms with Crippen LogP contribution in [0.1, 0.15) is 59.8 Å². The number of hydrogen-bond acceptors (Lipinski definition) is 4. The molecule has 128 valence electrons. The van der Waals surface area contributed by atoms with Gasteiger partial charge in [-0.15, -0.1) is 0 Å². The highest BCUT2D eigenvalue weighted by molar-refractivity contribution is 5.67. The van der Waals surface area contributed by atoms with Crippen LogP contribution in [0.4, 0.5) is 4.79 Å². The van der Waals surface area contributed by atoms with Gasteiger partial charge in [-0.25, -0.2) is 4.79 Å². The SMILES string of the molecule is CC(=O)OCC1CCC(CCN(C)C(=O)OC(C)(C)C)CC1. The Labute approximate surface area is 134 Å². The average Bonchev–Trinajstić information content (AvgIpc) is 2.41. The molecule has 5 heteroatoms. The van der Waals surface area contributed by atoms with Crippen molar-refractivity contribution < 1.29 is 19.1 Å². The van der Waals surface area contributed by atoms with Gasteiger partial charge in [-0.2, -0.15) is 0 Å². The van der Waals surface area contributed by atoms with Crippen LogP contribution in [-0.2, 0) is 14.3 Å². The highest BCUT2D eigenvalue weighted by Crippen LogP contribution is 2.31. The van der Waals surface area contributed by atoms with Gasteiger partial charge in [0, 0.05) is 20.5 Å². The lowest BCUT2D eigenvalue weighted by atomic mass is 9.81. The number of esters is 1. The van der Waals surface area contributed by atoms with E-state index in [1.54, 1.807) is 11.9 Å². The maximum Gasteiger partial charge on any atom is 0.410 e. The first-order chi connectivity index (χ1) is 10.2. The van der Waals surface area contributed by atoms with Crippen LogP contribution in [0.25, 0.3) is 0 Å². The first kappa shape index (κ1) is 18.8. The molecule has 0 saturated heterocycles. The van der Waals surface area contributed by atoms with Crippen LogP contribution >= 0.6 is 0 Å². The molecule has 1 saturated carbocycles. The third-order valence-electron chi connectivity index (χ3n) is 4.07. The molecule has 1 aliphatic rings. The van der Waals surface area contributed by atoms with Crippen molar-refractivity contribution in [3.8, 4) is 0 Å². The summed E-state index contributed by atoms with van der Waals surface area (Å²) in [6, 6.07) is 0. The Kier molecular flexibility index (Phi) is 7.17. The van der Waals surface area contributed by atoms with Gasteiger partial charge in [-0.1, -0.05) is 0 Å². The largest absolute Gasteiger partial charge is 0.466 e. The summed E-state index contributed by atoms with van der Waals surface area (Å²) in [4.78, 5) is 24.4. The van der Waals surface area contributed by atoms with E-state index < -0.39 is 5.60 Å². The lowest BCUT2D eigenvalue weighted by Gasteiger charge is -2.30. The Balaban J connectivity index is 2.21. The smallest absolute Gasteiger partial charge is 0.410 e. The second kappa shape index (κ2) is 8.39. The van der Waals surface area contributed by atoms with Gasteiger partial charge in [0.05, 0.1) is 6.61 Å². The normalized spacial score (nSPS) is 22.0. The molecule has 0 aromatic rings. The van der Waals surface area contributed by atoms with Crippen LogP contribution in [0.3, 0.4) is 0 Å². The topological polar surface area (TPSA) is 55.8 Å². The van der Waals surface area contributed by atoms with Crippen LogP contribution in [0.15, 0.2) is 0 Å². The minimum absolute atomic E-state index is 0.193. The summed E-state index contributed by atoms with van der Waals surface area (Å²) in [5, 5.41) is 0. The highest BCUT2D eigenvalue weighted by atomic mass is 16.6. The van der Waals surface area contributed by atoms with Gasteiger partial charge in [0.2, 0.25) is 0 Å². The molecule has 5 nitrogen and oxygen atoms in total. The summed E-state index contributed by atoms with van der Waals surface area (Å²) in [7, 11) is 1.79. The first-order valence-electron chi connectivity index (χ1n) is 8.25. The van der Waals surface area contributed by atoms with Crippen molar-refractivity contribution in [2.45, 2.75) is 65.4 Å². The fourth-order valence-corrected chi connectivity index (χ4v) is 2.73. The van der Waals surface area contributed by atoms with Crippen molar-refractivity contribution >= 4 is 12.1 Å². The molecule has 22 heavy (non-hydrogen) atoms. The number of hydrogen-bond donors (Lipinski definition) is 0. The van der Waals surface area contributed by atoms with Gasteiger partial charge in [0.15, 0.2) is 0 Å². The summed E-state index contributed by atoms with van der Waals surface area (Å²) in [6.45, 7) is 8.38. The van der Waals surface area contributed by atoms with E-state index in [1.807, 2.05) is 20.8 Å². The van der Waals surface area contributed by atoms with E-state index in [4.69, 9.17) is 9.47 Å². The third kappa shape index (κ3) is 7.66. The van der Waals surface area contributed by atoms with Gasteiger partial charge >= 0.3 is 12.1 Å². The van der Waals surface area contributed by atoms with Gasteiger partial charge in [0.1, 0.15) is 5.60 Å². The second-order valence-corrected chi connectivity index (χ2v) is 7.38. The maximum atomic E-state index is 11.9. The fourth-order valence-electron chi connectivity index (χ4n) is 2.73. The van der Waals surface area contributed by atoms with Crippen LogP contribution in [0.2, 0.25) is 0 Å². The van der Waals surface area contributed by atoms with Crippen molar-refractivity contribution in [3.05, 3.63) is 0 Å². The second-order valence-electron chi connectivity index (χ2n) is 7.38. The molecule has 0 bridgehead atoms. The van der Waals surface area contributed by atoms with Gasteiger partial charge in [0.25, 0.3) is 0 Å². The lowest BCUT2D eigenvalue weighted by Crippen LogP contribution is -2.35. The van der Waals surface area contributed by atoms with Crippen molar-refractivity contribution in [1.82, 2.24) is 4.90 Å². The first-order valence-corrected chi connectivity index (χ1v) is 8.25. The summed E-state index contributed by atoms with van der Waals surface area (Å²) in [6.07, 6.45) is 5.26. The van der Waals surface area contributed by atoms with Crippen LogP contribution < -0.4 is 0 Å². The minimum Gasteiger partial charge on any atom is -0.466 e. The van der Waals surface area contributed by atoms with E-state index in [0.29, 0.717) is 18.4 Å². The van der Waals surface area contributed by atoms with Crippen molar-refractivity contribution in [1.29, 1.82) is 0 Å². The summed E-state index contributed by atoms with van der Waals surface area (Å²) in [5.74, 6) is 0.961. The van der Waals surface area contributed by atoms with E-state index in [9.17, 15) is 9.59 Å². The van der Waals surface area contributed by atoms with E-state index in [-0.39, 0.29) is 12.1 Å². The summed E-state index contributed by atoms with van der Waals surface area (Å²) >= 11 is 0. The molecular weight excluding hydrogens is 282 g/mol.